The molecule has 0 spiro atoms. The molecule has 0 aromatic heterocycles. The van der Waals surface area contributed by atoms with Gasteiger partial charge in [0.1, 0.15) is 0 Å². The van der Waals surface area contributed by atoms with Crippen LogP contribution >= 0.6 is 0 Å². The van der Waals surface area contributed by atoms with Crippen LogP contribution in [0.3, 0.4) is 0 Å². The van der Waals surface area contributed by atoms with Crippen LogP contribution in [0.4, 0.5) is 17.6 Å². The molecule has 0 radical (unpaired) electrons. The predicted molar refractivity (Wildman–Crippen MR) is 136 cm³/mol. The van der Waals surface area contributed by atoms with Crippen LogP contribution < -0.4 is 4.74 Å². The van der Waals surface area contributed by atoms with Crippen LogP contribution in [0.15, 0.2) is 0 Å². The summed E-state index contributed by atoms with van der Waals surface area (Å²) in [5.74, 6) is -8.88. The van der Waals surface area contributed by atoms with Crippen LogP contribution in [0.5, 0.6) is 5.75 Å². The highest BCUT2D eigenvalue weighted by atomic mass is 19.2. The fraction of sp³-hybridized carbons (Fsp3) is 0.741. The van der Waals surface area contributed by atoms with E-state index in [-0.39, 0.29) is 18.6 Å². The largest absolute Gasteiger partial charge is 0.423 e. The molecule has 0 heterocycles. The van der Waals surface area contributed by atoms with Crippen molar-refractivity contribution in [3.8, 4) is 5.75 Å². The Morgan fingerprint density at radius 1 is 0.811 bits per heavy atom. The Labute approximate surface area is 219 Å². The van der Waals surface area contributed by atoms with E-state index in [1.165, 1.54) is 0 Å². The minimum Gasteiger partial charge on any atom is -0.423 e. The Balaban J connectivity index is 0. The number of benzene rings is 1. The quantitative estimate of drug-likeness (QED) is 0.0628. The topological polar surface area (TPSA) is 74.2 Å². The third kappa shape index (κ3) is 16.7. The minimum atomic E-state index is -1.99. The Hall–Kier alpha value is -1.75. The summed E-state index contributed by atoms with van der Waals surface area (Å²) in [5, 5.41) is 8.82. The second kappa shape index (κ2) is 22.3. The summed E-state index contributed by atoms with van der Waals surface area (Å²) in [4.78, 5) is 11.3. The van der Waals surface area contributed by atoms with Crippen molar-refractivity contribution in [1.29, 1.82) is 0 Å². The van der Waals surface area contributed by atoms with Crippen molar-refractivity contribution in [3.05, 3.63) is 28.8 Å². The number of rotatable bonds is 16. The number of hydrogen-bond acceptors (Lipinski definition) is 6. The number of esters is 1. The van der Waals surface area contributed by atoms with Crippen LogP contribution in [0.2, 0.25) is 0 Å². The zero-order valence-corrected chi connectivity index (χ0v) is 23.5. The maximum atomic E-state index is 13.3. The lowest BCUT2D eigenvalue weighted by atomic mass is 10.1. The van der Waals surface area contributed by atoms with E-state index < -0.39 is 40.6 Å². The second-order valence-corrected chi connectivity index (χ2v) is 8.45. The molecule has 0 fully saturated rings. The fourth-order valence-corrected chi connectivity index (χ4v) is 2.62. The normalized spacial score (nSPS) is 10.8. The Morgan fingerprint density at radius 3 is 1.86 bits per heavy atom. The number of aliphatic hydroxyl groups is 1. The molecule has 0 saturated carbocycles. The molecule has 1 aromatic rings. The van der Waals surface area contributed by atoms with Crippen molar-refractivity contribution in [2.24, 2.45) is 0 Å². The van der Waals surface area contributed by atoms with E-state index in [0.29, 0.717) is 45.7 Å². The molecular formula is C27H46F4O6. The number of hydrogen-bond donors (Lipinski definition) is 1. The van der Waals surface area contributed by atoms with Crippen molar-refractivity contribution in [3.63, 3.8) is 0 Å². The van der Waals surface area contributed by atoms with Crippen molar-refractivity contribution in [2.45, 2.75) is 92.6 Å². The summed E-state index contributed by atoms with van der Waals surface area (Å²) in [6.07, 6.45) is 4.13. The van der Waals surface area contributed by atoms with Gasteiger partial charge in [0.25, 0.3) is 0 Å². The third-order valence-electron chi connectivity index (χ3n) is 4.85. The lowest BCUT2D eigenvalue weighted by Crippen LogP contribution is -2.27. The average Bonchev–Trinajstić information content (AvgIpc) is 2.88. The maximum absolute atomic E-state index is 13.3. The van der Waals surface area contributed by atoms with E-state index in [9.17, 15) is 22.4 Å². The average molecular weight is 543 g/mol. The number of carbonyl (C=O) groups excluding carboxylic acids is 1. The highest BCUT2D eigenvalue weighted by molar-refractivity contribution is 5.72. The molecule has 37 heavy (non-hydrogen) atoms. The molecule has 0 aliphatic heterocycles. The second-order valence-electron chi connectivity index (χ2n) is 8.45. The summed E-state index contributed by atoms with van der Waals surface area (Å²) < 4.78 is 73.1. The first-order valence-electron chi connectivity index (χ1n) is 13.0. The van der Waals surface area contributed by atoms with Crippen molar-refractivity contribution in [1.82, 2.24) is 0 Å². The summed E-state index contributed by atoms with van der Waals surface area (Å²) in [6, 6.07) is 0. The van der Waals surface area contributed by atoms with E-state index in [1.54, 1.807) is 0 Å². The summed E-state index contributed by atoms with van der Waals surface area (Å²) >= 11 is 0. The van der Waals surface area contributed by atoms with Crippen LogP contribution in [-0.2, 0) is 19.0 Å². The van der Waals surface area contributed by atoms with Gasteiger partial charge in [0.2, 0.25) is 11.6 Å². The van der Waals surface area contributed by atoms with Gasteiger partial charge in [0.05, 0.1) is 32.0 Å². The molecule has 1 N–H and O–H groups in total. The molecule has 6 nitrogen and oxygen atoms in total. The summed E-state index contributed by atoms with van der Waals surface area (Å²) in [5.41, 5.74) is -0.841. The van der Waals surface area contributed by atoms with Crippen LogP contribution in [0.25, 0.3) is 0 Å². The molecule has 0 aliphatic carbocycles. The van der Waals surface area contributed by atoms with E-state index in [0.717, 1.165) is 26.4 Å². The highest BCUT2D eigenvalue weighted by Gasteiger charge is 2.25. The molecule has 10 heteroatoms. The number of unbranched alkanes of at least 4 members (excludes halogenated alkanes) is 2. The lowest BCUT2D eigenvalue weighted by Gasteiger charge is -2.24. The van der Waals surface area contributed by atoms with E-state index in [1.807, 2.05) is 34.6 Å². The van der Waals surface area contributed by atoms with E-state index in [2.05, 4.69) is 11.7 Å². The first kappa shape index (κ1) is 37.4. The zero-order chi connectivity index (χ0) is 28.9. The van der Waals surface area contributed by atoms with Crippen molar-refractivity contribution >= 4 is 5.97 Å². The first-order valence-corrected chi connectivity index (χ1v) is 13.0. The fourth-order valence-electron chi connectivity index (χ4n) is 2.62. The number of aliphatic hydroxyl groups excluding tert-OH is 1. The lowest BCUT2D eigenvalue weighted by molar-refractivity contribution is -0.134. The van der Waals surface area contributed by atoms with Crippen LogP contribution in [0.1, 0.15) is 85.6 Å². The van der Waals surface area contributed by atoms with Gasteiger partial charge in [-0.15, -0.1) is 0 Å². The Kier molecular flexibility index (Phi) is 22.5. The van der Waals surface area contributed by atoms with Crippen LogP contribution in [-0.4, -0.2) is 56.3 Å². The minimum absolute atomic E-state index is 0.00397. The van der Waals surface area contributed by atoms with Gasteiger partial charge in [0.15, 0.2) is 17.4 Å². The highest BCUT2D eigenvalue weighted by Crippen LogP contribution is 2.30. The molecule has 0 amide bonds. The van der Waals surface area contributed by atoms with Gasteiger partial charge < -0.3 is 24.1 Å². The third-order valence-corrected chi connectivity index (χ3v) is 4.85. The van der Waals surface area contributed by atoms with Gasteiger partial charge >= 0.3 is 5.97 Å². The van der Waals surface area contributed by atoms with Crippen LogP contribution in [0, 0.1) is 30.2 Å². The Bertz CT molecular complexity index is 715. The molecule has 0 saturated heterocycles. The smallest absolute Gasteiger partial charge is 0.311 e. The molecule has 1 aromatic carbocycles. The van der Waals surface area contributed by atoms with Gasteiger partial charge in [0, 0.05) is 25.2 Å². The SMILES string of the molecule is CC.CCCCC(=O)Oc1c(C)c(F)c(F)c(F)c1F.CCCCOCCOCCOC(C)(C)CCO. The summed E-state index contributed by atoms with van der Waals surface area (Å²) in [7, 11) is 0. The number of carbonyl (C=O) groups is 1. The molecule has 0 atom stereocenters. The van der Waals surface area contributed by atoms with Gasteiger partial charge in [-0.05, 0) is 40.0 Å². The van der Waals surface area contributed by atoms with Gasteiger partial charge in [-0.25, -0.2) is 13.2 Å². The summed E-state index contributed by atoms with van der Waals surface area (Å²) in [6.45, 7) is 16.3. The molecular weight excluding hydrogens is 496 g/mol. The van der Waals surface area contributed by atoms with E-state index >= 15 is 0 Å². The number of halogens is 4. The molecule has 0 unspecified atom stereocenters. The van der Waals surface area contributed by atoms with E-state index in [4.69, 9.17) is 19.3 Å². The van der Waals surface area contributed by atoms with Crippen molar-refractivity contribution in [2.75, 3.05) is 39.6 Å². The van der Waals surface area contributed by atoms with Crippen molar-refractivity contribution < 1.29 is 46.4 Å². The predicted octanol–water partition coefficient (Wildman–Crippen LogP) is 6.67. The van der Waals surface area contributed by atoms with Gasteiger partial charge in [-0.1, -0.05) is 40.5 Å². The van der Waals surface area contributed by atoms with Gasteiger partial charge in [-0.2, -0.15) is 4.39 Å². The number of ether oxygens (including phenoxy) is 4. The molecule has 218 valence electrons. The molecule has 0 aliphatic rings. The zero-order valence-electron chi connectivity index (χ0n) is 23.5. The first-order chi connectivity index (χ1) is 17.5. The monoisotopic (exact) mass is 542 g/mol. The maximum Gasteiger partial charge on any atom is 0.311 e. The molecule has 0 bridgehead atoms. The van der Waals surface area contributed by atoms with Gasteiger partial charge in [-0.3, -0.25) is 4.79 Å². The Morgan fingerprint density at radius 2 is 1.32 bits per heavy atom. The molecule has 1 rings (SSSR count). The standard InChI is InChI=1S/C13H28O4.C12H12F4O2.C2H6/c1-4-5-8-15-9-10-16-11-12-17-13(2,3)6-7-14;1-3-4-5-7(17)18-12-6(2)8(13)9(14)10(15)11(12)16;1-2/h14H,4-12H2,1-3H3;3-5H2,1-2H3;1-2H3.